The molecule has 0 saturated heterocycles. The lowest BCUT2D eigenvalue weighted by atomic mass is 9.89. The minimum Gasteiger partial charge on any atom is -0.388 e. The van der Waals surface area contributed by atoms with Crippen molar-refractivity contribution in [2.75, 3.05) is 11.9 Å². The second kappa shape index (κ2) is 7.44. The monoisotopic (exact) mass is 334 g/mol. The summed E-state index contributed by atoms with van der Waals surface area (Å²) in [7, 11) is 0. The average molecular weight is 334 g/mol. The Kier molecular flexibility index (Phi) is 5.56. The zero-order valence-electron chi connectivity index (χ0n) is 14.1. The van der Waals surface area contributed by atoms with Crippen molar-refractivity contribution in [1.82, 2.24) is 15.1 Å². The summed E-state index contributed by atoms with van der Waals surface area (Å²) in [6.45, 7) is 5.74. The molecule has 24 heavy (non-hydrogen) atoms. The zero-order valence-corrected chi connectivity index (χ0v) is 14.1. The molecule has 6 nitrogen and oxygen atoms in total. The molecule has 1 aromatic heterocycles. The lowest BCUT2D eigenvalue weighted by molar-refractivity contribution is 0.00827. The van der Waals surface area contributed by atoms with Crippen LogP contribution >= 0.6 is 0 Å². The summed E-state index contributed by atoms with van der Waals surface area (Å²) in [5.74, 6) is -0.345. The van der Waals surface area contributed by atoms with E-state index in [2.05, 4.69) is 15.7 Å². The fraction of sp³-hybridized carbons (Fsp3) is 0.412. The minimum atomic E-state index is -0.983. The third-order valence-electron chi connectivity index (χ3n) is 4.22. The number of hydrogen-bond acceptors (Lipinski definition) is 3. The standard InChI is InChI=1S/C17H23FN4O2/c1-4-12(2)17(3,24)11-19-16(23)21-13-9-20-22(10-13)15-8-6-5-7-14(15)18/h5-10,12,24H,4,11H2,1-3H3,(H2,19,21,23). The number of halogens is 1. The van der Waals surface area contributed by atoms with Gasteiger partial charge in [0.15, 0.2) is 0 Å². The van der Waals surface area contributed by atoms with Crippen molar-refractivity contribution in [3.05, 3.63) is 42.5 Å². The van der Waals surface area contributed by atoms with Crippen LogP contribution in [0.1, 0.15) is 27.2 Å². The van der Waals surface area contributed by atoms with Crippen molar-refractivity contribution in [2.24, 2.45) is 5.92 Å². The summed E-state index contributed by atoms with van der Waals surface area (Å²) < 4.78 is 15.1. The molecule has 3 N–H and O–H groups in total. The molecule has 0 aliphatic carbocycles. The fourth-order valence-electron chi connectivity index (χ4n) is 2.21. The zero-order chi connectivity index (χ0) is 17.7. The molecule has 0 fully saturated rings. The van der Waals surface area contributed by atoms with Gasteiger partial charge in [-0.15, -0.1) is 0 Å². The maximum atomic E-state index is 13.7. The first kappa shape index (κ1) is 17.9. The second-order valence-corrected chi connectivity index (χ2v) is 6.10. The molecular weight excluding hydrogens is 311 g/mol. The van der Waals surface area contributed by atoms with Gasteiger partial charge in [-0.1, -0.05) is 32.4 Å². The highest BCUT2D eigenvalue weighted by atomic mass is 19.1. The Balaban J connectivity index is 1.95. The van der Waals surface area contributed by atoms with Crippen LogP contribution in [0, 0.1) is 11.7 Å². The molecule has 1 aromatic carbocycles. The lowest BCUT2D eigenvalue weighted by Crippen LogP contribution is -2.46. The Morgan fingerprint density at radius 1 is 1.46 bits per heavy atom. The number of anilines is 1. The van der Waals surface area contributed by atoms with Crippen LogP contribution in [0.5, 0.6) is 0 Å². The van der Waals surface area contributed by atoms with Gasteiger partial charge in [0.25, 0.3) is 0 Å². The topological polar surface area (TPSA) is 79.2 Å². The molecule has 130 valence electrons. The van der Waals surface area contributed by atoms with Crippen LogP contribution in [-0.4, -0.2) is 33.1 Å². The van der Waals surface area contributed by atoms with Crippen molar-refractivity contribution < 1.29 is 14.3 Å². The molecule has 2 amide bonds. The lowest BCUT2D eigenvalue weighted by Gasteiger charge is -2.29. The number of carbonyl (C=O) groups is 1. The molecule has 2 rings (SSSR count). The number of aliphatic hydroxyl groups is 1. The van der Waals surface area contributed by atoms with E-state index in [4.69, 9.17) is 0 Å². The number of aromatic nitrogens is 2. The molecule has 7 heteroatoms. The molecule has 0 aliphatic rings. The van der Waals surface area contributed by atoms with Crippen molar-refractivity contribution >= 4 is 11.7 Å². The van der Waals surface area contributed by atoms with E-state index in [1.165, 1.54) is 23.1 Å². The van der Waals surface area contributed by atoms with E-state index < -0.39 is 17.4 Å². The van der Waals surface area contributed by atoms with Crippen LogP contribution in [0.3, 0.4) is 0 Å². The summed E-state index contributed by atoms with van der Waals surface area (Å²) in [6.07, 6.45) is 3.76. The number of carbonyl (C=O) groups excluding carboxylic acids is 1. The Labute approximate surface area is 140 Å². The number of nitrogens with one attached hydrogen (secondary N) is 2. The molecular formula is C17H23FN4O2. The van der Waals surface area contributed by atoms with Crippen LogP contribution in [0.15, 0.2) is 36.7 Å². The number of hydrogen-bond donors (Lipinski definition) is 3. The third kappa shape index (κ3) is 4.32. The van der Waals surface area contributed by atoms with Gasteiger partial charge in [-0.2, -0.15) is 5.10 Å². The highest BCUT2D eigenvalue weighted by molar-refractivity contribution is 5.88. The van der Waals surface area contributed by atoms with E-state index >= 15 is 0 Å². The van der Waals surface area contributed by atoms with E-state index in [1.54, 1.807) is 25.1 Å². The minimum absolute atomic E-state index is 0.0570. The summed E-state index contributed by atoms with van der Waals surface area (Å²) in [6, 6.07) is 5.78. The fourth-order valence-corrected chi connectivity index (χ4v) is 2.21. The van der Waals surface area contributed by atoms with Gasteiger partial charge in [0, 0.05) is 6.54 Å². The van der Waals surface area contributed by atoms with E-state index in [1.807, 2.05) is 13.8 Å². The van der Waals surface area contributed by atoms with E-state index in [9.17, 15) is 14.3 Å². The largest absolute Gasteiger partial charge is 0.388 e. The Morgan fingerprint density at radius 3 is 2.83 bits per heavy atom. The number of urea groups is 1. The molecule has 1 heterocycles. The molecule has 2 aromatic rings. The number of benzene rings is 1. The van der Waals surface area contributed by atoms with E-state index in [-0.39, 0.29) is 12.5 Å². The van der Waals surface area contributed by atoms with Crippen LogP contribution < -0.4 is 10.6 Å². The normalized spacial score (nSPS) is 14.7. The summed E-state index contributed by atoms with van der Waals surface area (Å²) >= 11 is 0. The molecule has 2 atom stereocenters. The Hall–Kier alpha value is -2.41. The van der Waals surface area contributed by atoms with Gasteiger partial charge in [0.05, 0.1) is 23.7 Å². The molecule has 0 radical (unpaired) electrons. The summed E-state index contributed by atoms with van der Waals surface area (Å²) in [5.41, 5.74) is -0.256. The Bertz CT molecular complexity index is 699. The van der Waals surface area contributed by atoms with Gasteiger partial charge < -0.3 is 15.7 Å². The van der Waals surface area contributed by atoms with Crippen molar-refractivity contribution in [2.45, 2.75) is 32.8 Å². The number of rotatable bonds is 6. The van der Waals surface area contributed by atoms with Crippen molar-refractivity contribution in [1.29, 1.82) is 0 Å². The Morgan fingerprint density at radius 2 is 2.17 bits per heavy atom. The maximum absolute atomic E-state index is 13.7. The first-order chi connectivity index (χ1) is 11.3. The SMILES string of the molecule is CCC(C)C(C)(O)CNC(=O)Nc1cnn(-c2ccccc2F)c1. The van der Waals surface area contributed by atoms with E-state index in [0.717, 1.165) is 6.42 Å². The van der Waals surface area contributed by atoms with Crippen molar-refractivity contribution in [3.63, 3.8) is 0 Å². The summed E-state index contributed by atoms with van der Waals surface area (Å²) in [5, 5.41) is 19.6. The predicted octanol–water partition coefficient (Wildman–Crippen LogP) is 2.93. The molecule has 0 saturated carbocycles. The second-order valence-electron chi connectivity index (χ2n) is 6.10. The molecule has 0 bridgehead atoms. The van der Waals surface area contributed by atoms with Gasteiger partial charge in [0.1, 0.15) is 11.5 Å². The van der Waals surface area contributed by atoms with Crippen LogP contribution in [0.2, 0.25) is 0 Å². The first-order valence-corrected chi connectivity index (χ1v) is 7.90. The van der Waals surface area contributed by atoms with Crippen LogP contribution in [0.25, 0.3) is 5.69 Å². The van der Waals surface area contributed by atoms with Gasteiger partial charge >= 0.3 is 6.03 Å². The third-order valence-corrected chi connectivity index (χ3v) is 4.22. The molecule has 2 unspecified atom stereocenters. The smallest absolute Gasteiger partial charge is 0.319 e. The first-order valence-electron chi connectivity index (χ1n) is 7.90. The van der Waals surface area contributed by atoms with E-state index in [0.29, 0.717) is 11.4 Å². The van der Waals surface area contributed by atoms with Crippen LogP contribution in [0.4, 0.5) is 14.9 Å². The summed E-state index contributed by atoms with van der Waals surface area (Å²) in [4.78, 5) is 11.9. The molecule has 0 spiro atoms. The van der Waals surface area contributed by atoms with Gasteiger partial charge in [-0.25, -0.2) is 13.9 Å². The highest BCUT2D eigenvalue weighted by Gasteiger charge is 2.27. The number of nitrogens with zero attached hydrogens (tertiary/aromatic N) is 2. The number of amides is 2. The molecule has 0 aliphatic heterocycles. The predicted molar refractivity (Wildman–Crippen MR) is 90.6 cm³/mol. The van der Waals surface area contributed by atoms with Gasteiger partial charge in [-0.3, -0.25) is 0 Å². The van der Waals surface area contributed by atoms with Gasteiger partial charge in [-0.05, 0) is 25.0 Å². The maximum Gasteiger partial charge on any atom is 0.319 e. The quantitative estimate of drug-likeness (QED) is 0.760. The highest BCUT2D eigenvalue weighted by Crippen LogP contribution is 2.19. The van der Waals surface area contributed by atoms with Gasteiger partial charge in [0.2, 0.25) is 0 Å². The average Bonchev–Trinajstić information content (AvgIpc) is 3.00. The van der Waals surface area contributed by atoms with Crippen LogP contribution in [-0.2, 0) is 0 Å². The van der Waals surface area contributed by atoms with Crippen molar-refractivity contribution in [3.8, 4) is 5.69 Å². The number of para-hydroxylation sites is 1.